The van der Waals surface area contributed by atoms with Crippen LogP contribution in [0, 0.1) is 10.1 Å². The van der Waals surface area contributed by atoms with Gasteiger partial charge in [0.05, 0.1) is 15.9 Å². The van der Waals surface area contributed by atoms with E-state index in [0.29, 0.717) is 12.2 Å². The van der Waals surface area contributed by atoms with Crippen LogP contribution in [0.2, 0.25) is 0 Å². The molecule has 0 saturated heterocycles. The van der Waals surface area contributed by atoms with E-state index in [1.54, 1.807) is 11.3 Å². The van der Waals surface area contributed by atoms with E-state index in [2.05, 4.69) is 5.32 Å². The fraction of sp³-hybridized carbons (Fsp3) is 0.333. The van der Waals surface area contributed by atoms with Gasteiger partial charge in [-0.1, -0.05) is 6.07 Å². The van der Waals surface area contributed by atoms with Gasteiger partial charge in [0.15, 0.2) is 9.84 Å². The van der Waals surface area contributed by atoms with Crippen molar-refractivity contribution in [3.8, 4) is 0 Å². The quantitative estimate of drug-likeness (QED) is 0.596. The average Bonchev–Trinajstić information content (AvgIpc) is 3.00. The average molecular weight is 369 g/mol. The number of nitrogens with zero attached hydrogens (tertiary/aromatic N) is 2. The van der Waals surface area contributed by atoms with Crippen LogP contribution in [0.15, 0.2) is 40.6 Å². The highest BCUT2D eigenvalue weighted by Gasteiger charge is 2.21. The maximum atomic E-state index is 11.6. The fourth-order valence-corrected chi connectivity index (χ4v) is 3.83. The molecule has 7 nitrogen and oxygen atoms in total. The zero-order valence-corrected chi connectivity index (χ0v) is 15.2. The highest BCUT2D eigenvalue weighted by atomic mass is 32.2. The van der Waals surface area contributed by atoms with Crippen molar-refractivity contribution in [2.75, 3.05) is 32.2 Å². The van der Waals surface area contributed by atoms with E-state index in [4.69, 9.17) is 0 Å². The molecule has 9 heteroatoms. The Morgan fingerprint density at radius 2 is 2.04 bits per heavy atom. The molecule has 0 radical (unpaired) electrons. The summed E-state index contributed by atoms with van der Waals surface area (Å²) in [4.78, 5) is 13.8. The molecule has 24 heavy (non-hydrogen) atoms. The number of nitrogens with one attached hydrogen (secondary N) is 1. The number of likely N-dealkylation sites (N-methyl/N-ethyl adjacent to an activating group) is 1. The Hall–Kier alpha value is -1.97. The molecule has 2 aromatic rings. The first-order valence-corrected chi connectivity index (χ1v) is 9.89. The molecule has 1 aromatic carbocycles. The first-order chi connectivity index (χ1) is 11.2. The summed E-state index contributed by atoms with van der Waals surface area (Å²) in [6, 6.07) is 7.93. The largest absolute Gasteiger partial charge is 0.378 e. The molecular weight excluding hydrogens is 350 g/mol. The maximum absolute atomic E-state index is 11.6. The van der Waals surface area contributed by atoms with Gasteiger partial charge in [-0.05, 0) is 37.7 Å². The lowest BCUT2D eigenvalue weighted by molar-refractivity contribution is -0.384. The van der Waals surface area contributed by atoms with E-state index in [1.165, 1.54) is 12.1 Å². The Kier molecular flexibility index (Phi) is 5.58. The van der Waals surface area contributed by atoms with E-state index in [0.717, 1.165) is 17.2 Å². The Morgan fingerprint density at radius 1 is 1.33 bits per heavy atom. The van der Waals surface area contributed by atoms with E-state index in [1.807, 2.05) is 36.5 Å². The summed E-state index contributed by atoms with van der Waals surface area (Å²) >= 11 is 1.62. The zero-order valence-electron chi connectivity index (χ0n) is 13.6. The molecule has 2 rings (SSSR count). The Bertz CT molecular complexity index is 817. The van der Waals surface area contributed by atoms with Crippen LogP contribution in [0.4, 0.5) is 11.4 Å². The predicted octanol–water partition coefficient (Wildman–Crippen LogP) is 2.77. The summed E-state index contributed by atoms with van der Waals surface area (Å²) in [5.74, 6) is 0. The smallest absolute Gasteiger partial charge is 0.293 e. The Morgan fingerprint density at radius 3 is 2.54 bits per heavy atom. The zero-order chi connectivity index (χ0) is 17.9. The van der Waals surface area contributed by atoms with Crippen LogP contribution in [0.25, 0.3) is 0 Å². The third-order valence-electron chi connectivity index (χ3n) is 3.57. The third kappa shape index (κ3) is 4.31. The van der Waals surface area contributed by atoms with Gasteiger partial charge < -0.3 is 10.2 Å². The molecule has 1 heterocycles. The van der Waals surface area contributed by atoms with Gasteiger partial charge in [0.2, 0.25) is 0 Å². The first-order valence-electron chi connectivity index (χ1n) is 7.12. The van der Waals surface area contributed by atoms with Crippen molar-refractivity contribution in [2.45, 2.75) is 10.9 Å². The first kappa shape index (κ1) is 18.4. The van der Waals surface area contributed by atoms with Gasteiger partial charge in [0.25, 0.3) is 5.69 Å². The molecule has 0 unspecified atom stereocenters. The van der Waals surface area contributed by atoms with Gasteiger partial charge in [0.1, 0.15) is 5.69 Å². The van der Waals surface area contributed by atoms with Crippen molar-refractivity contribution >= 4 is 32.5 Å². The minimum atomic E-state index is -3.49. The van der Waals surface area contributed by atoms with Crippen molar-refractivity contribution in [1.82, 2.24) is 4.90 Å². The topological polar surface area (TPSA) is 92.6 Å². The summed E-state index contributed by atoms with van der Waals surface area (Å²) in [6.07, 6.45) is 1.03. The van der Waals surface area contributed by atoms with Crippen LogP contribution in [0.1, 0.15) is 10.9 Å². The molecular formula is C15H19N3O4S2. The number of sulfone groups is 1. The standard InChI is InChI=1S/C15H19N3O4S2/c1-17(2)14(15-5-4-8-23-15)10-16-12-7-6-11(24(3,21)22)9-13(12)18(19)20/h4-9,14,16H,10H2,1-3H3/t14-/m0/s1. The number of benzene rings is 1. The summed E-state index contributed by atoms with van der Waals surface area (Å²) in [7, 11) is 0.381. The highest BCUT2D eigenvalue weighted by molar-refractivity contribution is 7.90. The second kappa shape index (κ2) is 7.29. The van der Waals surface area contributed by atoms with Crippen molar-refractivity contribution < 1.29 is 13.3 Å². The van der Waals surface area contributed by atoms with Crippen LogP contribution in [-0.4, -0.2) is 45.1 Å². The molecule has 1 atom stereocenters. The summed E-state index contributed by atoms with van der Waals surface area (Å²) in [5, 5.41) is 16.3. The van der Waals surface area contributed by atoms with Crippen molar-refractivity contribution in [3.05, 3.63) is 50.7 Å². The number of hydrogen-bond acceptors (Lipinski definition) is 7. The normalized spacial score (nSPS) is 13.0. The highest BCUT2D eigenvalue weighted by Crippen LogP contribution is 2.29. The van der Waals surface area contributed by atoms with E-state index in [-0.39, 0.29) is 16.6 Å². The van der Waals surface area contributed by atoms with Crippen LogP contribution < -0.4 is 5.32 Å². The van der Waals surface area contributed by atoms with Gasteiger partial charge in [-0.25, -0.2) is 8.42 Å². The molecule has 0 amide bonds. The van der Waals surface area contributed by atoms with Gasteiger partial charge in [-0.2, -0.15) is 0 Å². The molecule has 130 valence electrons. The number of nitro groups is 1. The van der Waals surface area contributed by atoms with Crippen molar-refractivity contribution in [2.24, 2.45) is 0 Å². The lowest BCUT2D eigenvalue weighted by Gasteiger charge is -2.24. The maximum Gasteiger partial charge on any atom is 0.293 e. The second-order valence-corrected chi connectivity index (χ2v) is 8.58. The molecule has 0 aliphatic heterocycles. The monoisotopic (exact) mass is 369 g/mol. The van der Waals surface area contributed by atoms with Crippen LogP contribution >= 0.6 is 11.3 Å². The molecule has 0 aliphatic rings. The summed E-state index contributed by atoms with van der Waals surface area (Å²) in [5.41, 5.74) is 0.0532. The fourth-order valence-electron chi connectivity index (χ4n) is 2.27. The van der Waals surface area contributed by atoms with E-state index in [9.17, 15) is 18.5 Å². The number of nitro benzene ring substituents is 1. The third-order valence-corrected chi connectivity index (χ3v) is 5.66. The minimum Gasteiger partial charge on any atom is -0.378 e. The van der Waals surface area contributed by atoms with Gasteiger partial charge in [-0.15, -0.1) is 11.3 Å². The Labute approximate surface area is 145 Å². The van der Waals surface area contributed by atoms with Gasteiger partial charge >= 0.3 is 0 Å². The number of hydrogen-bond donors (Lipinski definition) is 1. The molecule has 1 aromatic heterocycles. The second-order valence-electron chi connectivity index (χ2n) is 5.58. The number of rotatable bonds is 7. The summed E-state index contributed by atoms with van der Waals surface area (Å²) < 4.78 is 23.2. The Balaban J connectivity index is 2.27. The van der Waals surface area contributed by atoms with Crippen molar-refractivity contribution in [1.29, 1.82) is 0 Å². The predicted molar refractivity (Wildman–Crippen MR) is 95.4 cm³/mol. The SMILES string of the molecule is CN(C)[C@@H](CNc1ccc(S(C)(=O)=O)cc1[N+](=O)[O-])c1cccs1. The summed E-state index contributed by atoms with van der Waals surface area (Å²) in [6.45, 7) is 0.465. The lowest BCUT2D eigenvalue weighted by Crippen LogP contribution is -2.26. The van der Waals surface area contributed by atoms with Gasteiger partial charge in [-0.3, -0.25) is 10.1 Å². The molecule has 0 fully saturated rings. The molecule has 0 saturated carbocycles. The number of thiophene rings is 1. The van der Waals surface area contributed by atoms with Crippen LogP contribution in [-0.2, 0) is 9.84 Å². The van der Waals surface area contributed by atoms with Crippen LogP contribution in [0.3, 0.4) is 0 Å². The van der Waals surface area contributed by atoms with E-state index >= 15 is 0 Å². The van der Waals surface area contributed by atoms with Crippen molar-refractivity contribution in [3.63, 3.8) is 0 Å². The molecule has 0 aliphatic carbocycles. The molecule has 1 N–H and O–H groups in total. The lowest BCUT2D eigenvalue weighted by atomic mass is 10.2. The van der Waals surface area contributed by atoms with E-state index < -0.39 is 14.8 Å². The molecule has 0 bridgehead atoms. The minimum absolute atomic E-state index is 0.0548. The number of anilines is 1. The molecule has 0 spiro atoms. The van der Waals surface area contributed by atoms with Gasteiger partial charge in [0, 0.05) is 23.7 Å². The van der Waals surface area contributed by atoms with Crippen LogP contribution in [0.5, 0.6) is 0 Å².